The Balaban J connectivity index is 1.61. The summed E-state index contributed by atoms with van der Waals surface area (Å²) in [5.74, 6) is 0.0357. The number of anilines is 3. The van der Waals surface area contributed by atoms with Crippen molar-refractivity contribution in [3.8, 4) is 0 Å². The van der Waals surface area contributed by atoms with Crippen molar-refractivity contribution in [1.29, 1.82) is 0 Å². The number of nitrogens with zero attached hydrogens (tertiary/aromatic N) is 2. The van der Waals surface area contributed by atoms with Crippen molar-refractivity contribution < 1.29 is 9.59 Å². The molecule has 1 heterocycles. The first-order chi connectivity index (χ1) is 13.5. The van der Waals surface area contributed by atoms with E-state index >= 15 is 0 Å². The van der Waals surface area contributed by atoms with Gasteiger partial charge in [0.15, 0.2) is 5.69 Å². The van der Waals surface area contributed by atoms with Gasteiger partial charge in [-0.1, -0.05) is 30.3 Å². The topological polar surface area (TPSA) is 96.0 Å². The van der Waals surface area contributed by atoms with Gasteiger partial charge in [-0.3, -0.25) is 9.59 Å². The maximum absolute atomic E-state index is 12.4. The van der Waals surface area contributed by atoms with Gasteiger partial charge in [-0.2, -0.15) is 0 Å². The van der Waals surface area contributed by atoms with Crippen LogP contribution in [0.25, 0.3) is 0 Å². The van der Waals surface area contributed by atoms with Crippen LogP contribution in [-0.4, -0.2) is 22.0 Å². The molecule has 3 rings (SSSR count). The minimum Gasteiger partial charge on any atom is -0.364 e. The largest absolute Gasteiger partial charge is 0.364 e. The number of hydrogen-bond acceptors (Lipinski definition) is 5. The molecule has 0 bridgehead atoms. The van der Waals surface area contributed by atoms with Crippen LogP contribution in [0.4, 0.5) is 17.2 Å². The highest BCUT2D eigenvalue weighted by atomic mass is 16.2. The number of hydrogen-bond donors (Lipinski definition) is 3. The van der Waals surface area contributed by atoms with Gasteiger partial charge in [0.05, 0.1) is 0 Å². The van der Waals surface area contributed by atoms with Crippen LogP contribution < -0.4 is 16.0 Å². The van der Waals surface area contributed by atoms with E-state index < -0.39 is 0 Å². The Morgan fingerprint density at radius 2 is 1.64 bits per heavy atom. The molecule has 28 heavy (non-hydrogen) atoms. The molecule has 0 aliphatic carbocycles. The predicted molar refractivity (Wildman–Crippen MR) is 109 cm³/mol. The number of rotatable bonds is 6. The predicted octanol–water partition coefficient (Wildman–Crippen LogP) is 3.61. The first-order valence-electron chi connectivity index (χ1n) is 8.82. The fourth-order valence-electron chi connectivity index (χ4n) is 2.61. The zero-order chi connectivity index (χ0) is 19.9. The summed E-state index contributed by atoms with van der Waals surface area (Å²) in [6.45, 7) is 4.11. The Bertz CT molecular complexity index is 986. The highest BCUT2D eigenvalue weighted by Crippen LogP contribution is 2.16. The fraction of sp³-hybridized carbons (Fsp3) is 0.143. The summed E-state index contributed by atoms with van der Waals surface area (Å²) in [6, 6.07) is 18.3. The van der Waals surface area contributed by atoms with Crippen molar-refractivity contribution in [2.75, 3.05) is 16.0 Å². The number of nitrogens with one attached hydrogen (secondary N) is 3. The standard InChI is InChI=1S/C21H21N5O2/c1-14-6-3-4-7-16(14)13-22-20-11-10-19(25-26-20)21(28)24-18-9-5-8-17(12-18)23-15(2)27/h3-12H,13H2,1-2H3,(H,22,26)(H,23,27)(H,24,28). The average Bonchev–Trinajstić information content (AvgIpc) is 2.67. The maximum atomic E-state index is 12.4. The second kappa shape index (κ2) is 8.77. The number of carbonyl (C=O) groups is 2. The second-order valence-corrected chi connectivity index (χ2v) is 6.30. The Kier molecular flexibility index (Phi) is 5.96. The van der Waals surface area contributed by atoms with Crippen molar-refractivity contribution in [1.82, 2.24) is 10.2 Å². The van der Waals surface area contributed by atoms with Gasteiger partial charge in [0.1, 0.15) is 5.82 Å². The van der Waals surface area contributed by atoms with Crippen molar-refractivity contribution in [3.63, 3.8) is 0 Å². The molecule has 3 aromatic rings. The Morgan fingerprint density at radius 3 is 2.32 bits per heavy atom. The van der Waals surface area contributed by atoms with Gasteiger partial charge in [-0.05, 0) is 48.4 Å². The highest BCUT2D eigenvalue weighted by molar-refractivity contribution is 6.03. The van der Waals surface area contributed by atoms with Crippen molar-refractivity contribution in [3.05, 3.63) is 77.5 Å². The van der Waals surface area contributed by atoms with E-state index in [0.29, 0.717) is 23.7 Å². The number of aromatic nitrogens is 2. The van der Waals surface area contributed by atoms with Gasteiger partial charge in [0.2, 0.25) is 5.91 Å². The van der Waals surface area contributed by atoms with E-state index in [2.05, 4.69) is 39.1 Å². The van der Waals surface area contributed by atoms with E-state index in [-0.39, 0.29) is 17.5 Å². The highest BCUT2D eigenvalue weighted by Gasteiger charge is 2.09. The quantitative estimate of drug-likeness (QED) is 0.612. The molecule has 7 heteroatoms. The molecule has 0 spiro atoms. The molecule has 1 aromatic heterocycles. The molecular formula is C21H21N5O2. The summed E-state index contributed by atoms with van der Waals surface area (Å²) in [4.78, 5) is 23.5. The number of aryl methyl sites for hydroxylation is 1. The molecule has 142 valence electrons. The lowest BCUT2D eigenvalue weighted by molar-refractivity contribution is -0.114. The van der Waals surface area contributed by atoms with Crippen LogP contribution in [0.15, 0.2) is 60.7 Å². The lowest BCUT2D eigenvalue weighted by Gasteiger charge is -2.09. The van der Waals surface area contributed by atoms with Crippen LogP contribution in [0.5, 0.6) is 0 Å². The molecule has 0 radical (unpaired) electrons. The summed E-state index contributed by atoms with van der Waals surface area (Å²) in [5, 5.41) is 16.7. The van der Waals surface area contributed by atoms with Gasteiger partial charge < -0.3 is 16.0 Å². The zero-order valence-corrected chi connectivity index (χ0v) is 15.7. The average molecular weight is 375 g/mol. The minimum atomic E-state index is -0.377. The van der Waals surface area contributed by atoms with Crippen LogP contribution in [0.1, 0.15) is 28.5 Å². The number of carbonyl (C=O) groups excluding carboxylic acids is 2. The molecule has 7 nitrogen and oxygen atoms in total. The summed E-state index contributed by atoms with van der Waals surface area (Å²) in [5.41, 5.74) is 3.73. The van der Waals surface area contributed by atoms with Gasteiger partial charge in [-0.15, -0.1) is 10.2 Å². The Morgan fingerprint density at radius 1 is 0.893 bits per heavy atom. The van der Waals surface area contributed by atoms with Crippen LogP contribution >= 0.6 is 0 Å². The zero-order valence-electron chi connectivity index (χ0n) is 15.7. The molecule has 0 saturated heterocycles. The van der Waals surface area contributed by atoms with E-state index in [1.807, 2.05) is 18.2 Å². The molecule has 0 fully saturated rings. The van der Waals surface area contributed by atoms with Crippen molar-refractivity contribution in [2.24, 2.45) is 0 Å². The molecule has 2 aromatic carbocycles. The van der Waals surface area contributed by atoms with E-state index in [0.717, 1.165) is 0 Å². The lowest BCUT2D eigenvalue weighted by Crippen LogP contribution is -2.15. The second-order valence-electron chi connectivity index (χ2n) is 6.30. The molecule has 0 aliphatic rings. The fourth-order valence-corrected chi connectivity index (χ4v) is 2.61. The molecular weight excluding hydrogens is 354 g/mol. The van der Waals surface area contributed by atoms with Crippen molar-refractivity contribution in [2.45, 2.75) is 20.4 Å². The third kappa shape index (κ3) is 5.14. The third-order valence-electron chi connectivity index (χ3n) is 4.06. The molecule has 2 amide bonds. The van der Waals surface area contributed by atoms with Gasteiger partial charge in [0, 0.05) is 24.8 Å². The summed E-state index contributed by atoms with van der Waals surface area (Å²) < 4.78 is 0. The molecule has 0 unspecified atom stereocenters. The number of amides is 2. The van der Waals surface area contributed by atoms with E-state index in [9.17, 15) is 9.59 Å². The summed E-state index contributed by atoms with van der Waals surface area (Å²) >= 11 is 0. The molecule has 0 saturated carbocycles. The van der Waals surface area contributed by atoms with E-state index in [1.54, 1.807) is 36.4 Å². The first-order valence-corrected chi connectivity index (χ1v) is 8.82. The lowest BCUT2D eigenvalue weighted by atomic mass is 10.1. The monoisotopic (exact) mass is 375 g/mol. The van der Waals surface area contributed by atoms with Crippen LogP contribution in [0, 0.1) is 6.92 Å². The third-order valence-corrected chi connectivity index (χ3v) is 4.06. The van der Waals surface area contributed by atoms with E-state index in [1.165, 1.54) is 18.1 Å². The van der Waals surface area contributed by atoms with Crippen LogP contribution in [0.2, 0.25) is 0 Å². The van der Waals surface area contributed by atoms with Crippen LogP contribution in [0.3, 0.4) is 0 Å². The van der Waals surface area contributed by atoms with Crippen LogP contribution in [-0.2, 0) is 11.3 Å². The maximum Gasteiger partial charge on any atom is 0.276 e. The van der Waals surface area contributed by atoms with Crippen molar-refractivity contribution >= 4 is 29.0 Å². The van der Waals surface area contributed by atoms with E-state index in [4.69, 9.17) is 0 Å². The summed E-state index contributed by atoms with van der Waals surface area (Å²) in [6.07, 6.45) is 0. The number of benzene rings is 2. The van der Waals surface area contributed by atoms with Gasteiger partial charge in [0.25, 0.3) is 5.91 Å². The van der Waals surface area contributed by atoms with Gasteiger partial charge in [-0.25, -0.2) is 0 Å². The smallest absolute Gasteiger partial charge is 0.276 e. The Labute approximate surface area is 163 Å². The SMILES string of the molecule is CC(=O)Nc1cccc(NC(=O)c2ccc(NCc3ccccc3C)nn2)c1. The summed E-state index contributed by atoms with van der Waals surface area (Å²) in [7, 11) is 0. The molecule has 0 atom stereocenters. The molecule has 3 N–H and O–H groups in total. The van der Waals surface area contributed by atoms with Gasteiger partial charge >= 0.3 is 0 Å². The first kappa shape index (κ1) is 19.0. The normalized spacial score (nSPS) is 10.2. The Hall–Kier alpha value is -3.74. The molecule has 0 aliphatic heterocycles. The minimum absolute atomic E-state index is 0.178.